The smallest absolute Gasteiger partial charge is 0.139 e. The van der Waals surface area contributed by atoms with E-state index in [4.69, 9.17) is 5.73 Å². The summed E-state index contributed by atoms with van der Waals surface area (Å²) in [5.74, 6) is 0. The second-order valence-corrected chi connectivity index (χ2v) is 5.24. The second kappa shape index (κ2) is 4.32. The predicted molar refractivity (Wildman–Crippen MR) is 71.0 cm³/mol. The summed E-state index contributed by atoms with van der Waals surface area (Å²) in [4.78, 5) is 4.35. The first kappa shape index (κ1) is 11.6. The Bertz CT molecular complexity index is 569. The first-order chi connectivity index (χ1) is 8.67. The van der Waals surface area contributed by atoms with Crippen molar-refractivity contribution in [2.24, 2.45) is 5.73 Å². The van der Waals surface area contributed by atoms with E-state index in [1.807, 2.05) is 30.3 Å². The molecule has 1 saturated carbocycles. The third-order valence-corrected chi connectivity index (χ3v) is 3.84. The van der Waals surface area contributed by atoms with Crippen molar-refractivity contribution < 1.29 is 4.39 Å². The molecule has 3 rings (SSSR count). The summed E-state index contributed by atoms with van der Waals surface area (Å²) in [7, 11) is 0. The maximum Gasteiger partial charge on any atom is 0.139 e. The number of para-hydroxylation sites is 1. The van der Waals surface area contributed by atoms with Crippen molar-refractivity contribution in [2.45, 2.75) is 37.4 Å². The number of halogens is 1. The van der Waals surface area contributed by atoms with Crippen LogP contribution in [0.1, 0.15) is 31.2 Å². The predicted octanol–water partition coefficient (Wildman–Crippen LogP) is 3.30. The van der Waals surface area contributed by atoms with Crippen molar-refractivity contribution >= 4 is 10.9 Å². The van der Waals surface area contributed by atoms with Gasteiger partial charge in [-0.2, -0.15) is 0 Å². The van der Waals surface area contributed by atoms with E-state index in [1.54, 1.807) is 6.20 Å². The molecule has 2 unspecified atom stereocenters. The molecule has 0 aliphatic heterocycles. The van der Waals surface area contributed by atoms with Gasteiger partial charge >= 0.3 is 0 Å². The monoisotopic (exact) mass is 244 g/mol. The van der Waals surface area contributed by atoms with Crippen LogP contribution < -0.4 is 5.73 Å². The van der Waals surface area contributed by atoms with Crippen molar-refractivity contribution in [2.75, 3.05) is 0 Å². The number of hydrogen-bond acceptors (Lipinski definition) is 2. The molecule has 0 saturated heterocycles. The van der Waals surface area contributed by atoms with Gasteiger partial charge in [-0.05, 0) is 31.4 Å². The van der Waals surface area contributed by atoms with Gasteiger partial charge in [-0.1, -0.05) is 18.2 Å². The molecule has 1 aliphatic carbocycles. The summed E-state index contributed by atoms with van der Waals surface area (Å²) >= 11 is 0. The van der Waals surface area contributed by atoms with Crippen LogP contribution in [0, 0.1) is 0 Å². The van der Waals surface area contributed by atoms with Crippen LogP contribution in [0.4, 0.5) is 4.39 Å². The number of fused-ring (bicyclic) bond motifs is 1. The zero-order chi connectivity index (χ0) is 12.6. The normalized spacial score (nSPS) is 28.4. The van der Waals surface area contributed by atoms with E-state index in [-0.39, 0.29) is 6.04 Å². The highest BCUT2D eigenvalue weighted by atomic mass is 19.1. The van der Waals surface area contributed by atoms with Crippen molar-refractivity contribution in [3.8, 4) is 0 Å². The number of nitrogens with zero attached hydrogens (tertiary/aromatic N) is 1. The number of pyridine rings is 1. The van der Waals surface area contributed by atoms with E-state index in [2.05, 4.69) is 4.98 Å². The quantitative estimate of drug-likeness (QED) is 0.836. The van der Waals surface area contributed by atoms with E-state index < -0.39 is 5.67 Å². The fourth-order valence-corrected chi connectivity index (χ4v) is 2.84. The van der Waals surface area contributed by atoms with Crippen LogP contribution in [-0.4, -0.2) is 11.0 Å². The van der Waals surface area contributed by atoms with E-state index in [9.17, 15) is 4.39 Å². The second-order valence-electron chi connectivity index (χ2n) is 5.24. The van der Waals surface area contributed by atoms with E-state index >= 15 is 0 Å². The van der Waals surface area contributed by atoms with Gasteiger partial charge in [-0.25, -0.2) is 4.39 Å². The molecule has 2 nitrogen and oxygen atoms in total. The molecular formula is C15H17FN2. The van der Waals surface area contributed by atoms with Gasteiger partial charge in [-0.15, -0.1) is 0 Å². The lowest BCUT2D eigenvalue weighted by molar-refractivity contribution is 0.0946. The Morgan fingerprint density at radius 1 is 1.33 bits per heavy atom. The number of nitrogens with two attached hydrogens (primary N) is 1. The molecule has 18 heavy (non-hydrogen) atoms. The number of aromatic nitrogens is 1. The zero-order valence-corrected chi connectivity index (χ0v) is 10.3. The maximum atomic E-state index is 15.0. The van der Waals surface area contributed by atoms with Crippen molar-refractivity contribution in [1.29, 1.82) is 0 Å². The lowest BCUT2D eigenvalue weighted by atomic mass is 9.79. The van der Waals surface area contributed by atoms with Gasteiger partial charge in [0.25, 0.3) is 0 Å². The highest BCUT2D eigenvalue weighted by Crippen LogP contribution is 2.40. The topological polar surface area (TPSA) is 38.9 Å². The summed E-state index contributed by atoms with van der Waals surface area (Å²) in [6.07, 6.45) is 4.41. The molecule has 2 aromatic rings. The molecule has 1 aliphatic rings. The van der Waals surface area contributed by atoms with Crippen LogP contribution in [0.3, 0.4) is 0 Å². The van der Waals surface area contributed by atoms with Gasteiger partial charge in [0.2, 0.25) is 0 Å². The molecule has 1 fully saturated rings. The Balaban J connectivity index is 2.02. The van der Waals surface area contributed by atoms with Gasteiger partial charge in [0, 0.05) is 29.6 Å². The van der Waals surface area contributed by atoms with E-state index in [1.165, 1.54) is 0 Å². The van der Waals surface area contributed by atoms with E-state index in [0.717, 1.165) is 23.7 Å². The highest BCUT2D eigenvalue weighted by molar-refractivity contribution is 5.78. The molecule has 1 aromatic carbocycles. The molecule has 0 spiro atoms. The highest BCUT2D eigenvalue weighted by Gasteiger charge is 2.37. The summed E-state index contributed by atoms with van der Waals surface area (Å²) in [6, 6.07) is 9.69. The summed E-state index contributed by atoms with van der Waals surface area (Å²) in [6.45, 7) is 0. The Morgan fingerprint density at radius 2 is 2.17 bits per heavy atom. The van der Waals surface area contributed by atoms with E-state index in [0.29, 0.717) is 18.4 Å². The minimum atomic E-state index is -1.30. The molecule has 94 valence electrons. The lowest BCUT2D eigenvalue weighted by Crippen LogP contribution is -2.36. The van der Waals surface area contributed by atoms with Crippen molar-refractivity contribution in [1.82, 2.24) is 4.98 Å². The fourth-order valence-electron chi connectivity index (χ4n) is 2.84. The molecular weight excluding hydrogens is 227 g/mol. The molecule has 2 N–H and O–H groups in total. The maximum absolute atomic E-state index is 15.0. The molecule has 1 heterocycles. The van der Waals surface area contributed by atoms with Crippen LogP contribution in [0.5, 0.6) is 0 Å². The first-order valence-electron chi connectivity index (χ1n) is 6.47. The Morgan fingerprint density at radius 3 is 3.00 bits per heavy atom. The molecule has 0 bridgehead atoms. The molecule has 0 radical (unpaired) electrons. The number of hydrogen-bond donors (Lipinski definition) is 1. The van der Waals surface area contributed by atoms with Gasteiger partial charge < -0.3 is 5.73 Å². The van der Waals surface area contributed by atoms with Gasteiger partial charge in [-0.3, -0.25) is 4.98 Å². The van der Waals surface area contributed by atoms with Crippen LogP contribution in [0.2, 0.25) is 0 Å². The SMILES string of the molecule is NC1CCCC(F)(c2cnc3ccccc3c2)C1. The van der Waals surface area contributed by atoms with Gasteiger partial charge in [0.05, 0.1) is 5.52 Å². The fraction of sp³-hybridized carbons (Fsp3) is 0.400. The van der Waals surface area contributed by atoms with Crippen LogP contribution in [0.15, 0.2) is 36.5 Å². The first-order valence-corrected chi connectivity index (χ1v) is 6.47. The van der Waals surface area contributed by atoms with Crippen LogP contribution in [-0.2, 0) is 5.67 Å². The average Bonchev–Trinajstić information content (AvgIpc) is 2.38. The number of benzene rings is 1. The Labute approximate surface area is 106 Å². The third-order valence-electron chi connectivity index (χ3n) is 3.84. The number of rotatable bonds is 1. The third kappa shape index (κ3) is 1.99. The van der Waals surface area contributed by atoms with Crippen molar-refractivity contribution in [3.63, 3.8) is 0 Å². The molecule has 3 heteroatoms. The summed E-state index contributed by atoms with van der Waals surface area (Å²) < 4.78 is 15.0. The Kier molecular flexibility index (Phi) is 2.78. The minimum Gasteiger partial charge on any atom is -0.328 e. The molecule has 1 aromatic heterocycles. The van der Waals surface area contributed by atoms with Crippen LogP contribution >= 0.6 is 0 Å². The van der Waals surface area contributed by atoms with Crippen LogP contribution in [0.25, 0.3) is 10.9 Å². The minimum absolute atomic E-state index is 0.0322. The lowest BCUT2D eigenvalue weighted by Gasteiger charge is -2.33. The zero-order valence-electron chi connectivity index (χ0n) is 10.3. The van der Waals surface area contributed by atoms with Crippen molar-refractivity contribution in [3.05, 3.63) is 42.1 Å². The van der Waals surface area contributed by atoms with Gasteiger partial charge in [0.15, 0.2) is 0 Å². The summed E-state index contributed by atoms with van der Waals surface area (Å²) in [5.41, 5.74) is 6.19. The largest absolute Gasteiger partial charge is 0.328 e. The van der Waals surface area contributed by atoms with Gasteiger partial charge in [0.1, 0.15) is 5.67 Å². The number of alkyl halides is 1. The summed E-state index contributed by atoms with van der Waals surface area (Å²) in [5, 5.41) is 0.992. The molecule has 0 amide bonds. The average molecular weight is 244 g/mol. The molecule has 2 atom stereocenters. The Hall–Kier alpha value is -1.48. The standard InChI is InChI=1S/C15H17FN2/c16-15(7-3-5-13(17)9-15)12-8-11-4-1-2-6-14(11)18-10-12/h1-2,4,6,8,10,13H,3,5,7,9,17H2.